The predicted octanol–water partition coefficient (Wildman–Crippen LogP) is 3.52. The number of rotatable bonds is 4. The monoisotopic (exact) mass is 315 g/mol. The molecule has 2 rings (SSSR count). The third-order valence-corrected chi connectivity index (χ3v) is 3.84. The maximum atomic E-state index is 7.88. The van der Waals surface area contributed by atoms with Crippen molar-refractivity contribution in [1.29, 1.82) is 5.41 Å². The molecule has 0 saturated heterocycles. The lowest BCUT2D eigenvalue weighted by molar-refractivity contribution is 0.921. The van der Waals surface area contributed by atoms with Gasteiger partial charge in [-0.25, -0.2) is 0 Å². The molecule has 0 atom stereocenters. The van der Waals surface area contributed by atoms with Crippen LogP contribution in [0.1, 0.15) is 11.1 Å². The van der Waals surface area contributed by atoms with Crippen molar-refractivity contribution >= 4 is 33.5 Å². The van der Waals surface area contributed by atoms with Gasteiger partial charge in [-0.3, -0.25) is 5.41 Å². The number of benzene rings is 2. The first kappa shape index (κ1) is 15.5. The molecule has 3 N–H and O–H groups in total. The smallest absolute Gasteiger partial charge is 0.161 e. The summed E-state index contributed by atoms with van der Waals surface area (Å²) in [5, 5.41) is 14.4. The molecule has 2 aromatic carbocycles. The average Bonchev–Trinajstić information content (AvgIpc) is 2.53. The number of hydrogen-bond acceptors (Lipinski definition) is 3. The predicted molar refractivity (Wildman–Crippen MR) is 94.5 cm³/mol. The Labute approximate surface area is 134 Å². The molecular formula is C16H17N3S2. The van der Waals surface area contributed by atoms with Crippen LogP contribution in [-0.2, 0) is 13.1 Å². The van der Waals surface area contributed by atoms with Gasteiger partial charge in [-0.1, -0.05) is 72.9 Å². The topological polar surface area (TPSA) is 47.9 Å². The van der Waals surface area contributed by atoms with E-state index in [2.05, 4.69) is 10.6 Å². The van der Waals surface area contributed by atoms with E-state index in [1.54, 1.807) is 0 Å². The first-order chi connectivity index (χ1) is 10.2. The Bertz CT molecular complexity index is 531. The van der Waals surface area contributed by atoms with E-state index in [1.807, 2.05) is 60.7 Å². The van der Waals surface area contributed by atoms with Gasteiger partial charge in [0.05, 0.1) is 0 Å². The molecule has 0 amide bonds. The Balaban J connectivity index is 1.69. The van der Waals surface area contributed by atoms with Crippen molar-refractivity contribution in [2.45, 2.75) is 13.1 Å². The second kappa shape index (κ2) is 8.44. The Kier molecular flexibility index (Phi) is 6.24. The summed E-state index contributed by atoms with van der Waals surface area (Å²) in [7, 11) is 0. The van der Waals surface area contributed by atoms with Crippen LogP contribution in [0.25, 0.3) is 0 Å². The molecule has 0 saturated carbocycles. The second-order valence-electron chi connectivity index (χ2n) is 4.40. The van der Waals surface area contributed by atoms with Gasteiger partial charge in [0, 0.05) is 13.1 Å². The van der Waals surface area contributed by atoms with E-state index in [1.165, 1.54) is 17.3 Å². The van der Waals surface area contributed by atoms with Gasteiger partial charge < -0.3 is 10.6 Å². The lowest BCUT2D eigenvalue weighted by Crippen LogP contribution is -2.25. The van der Waals surface area contributed by atoms with Crippen LogP contribution in [0, 0.1) is 5.41 Å². The summed E-state index contributed by atoms with van der Waals surface area (Å²) in [5.41, 5.74) is 2.32. The Hall–Kier alpha value is -1.85. The van der Waals surface area contributed by atoms with Gasteiger partial charge in [-0.15, -0.1) is 0 Å². The summed E-state index contributed by atoms with van der Waals surface area (Å²) in [6, 6.07) is 20.1. The van der Waals surface area contributed by atoms with Crippen LogP contribution in [0.3, 0.4) is 0 Å². The minimum Gasteiger partial charge on any atom is -0.367 e. The number of thioether (sulfide) groups is 1. The van der Waals surface area contributed by atoms with Crippen LogP contribution in [0.5, 0.6) is 0 Å². The summed E-state index contributed by atoms with van der Waals surface area (Å²) >= 11 is 6.46. The first-order valence-electron chi connectivity index (χ1n) is 6.60. The molecular weight excluding hydrogens is 298 g/mol. The highest BCUT2D eigenvalue weighted by Crippen LogP contribution is 2.06. The molecule has 0 aliphatic heterocycles. The standard InChI is InChI=1S/C16H17N3S2/c17-15(18-11-13-7-3-1-4-8-13)21-16(20)19-12-14-9-5-2-6-10-14/h1-10H,11-12H2,(H2,17,18)(H,19,20). The Morgan fingerprint density at radius 2 is 1.33 bits per heavy atom. The second-order valence-corrected chi connectivity index (χ2v) is 6.08. The highest BCUT2D eigenvalue weighted by molar-refractivity contribution is 8.32. The van der Waals surface area contributed by atoms with Crippen LogP contribution in [0.15, 0.2) is 60.7 Å². The molecule has 0 bridgehead atoms. The van der Waals surface area contributed by atoms with Crippen LogP contribution < -0.4 is 10.6 Å². The average molecular weight is 315 g/mol. The zero-order valence-electron chi connectivity index (χ0n) is 11.5. The van der Waals surface area contributed by atoms with Gasteiger partial charge in [0.15, 0.2) is 5.17 Å². The molecule has 2 aromatic rings. The zero-order chi connectivity index (χ0) is 14.9. The fraction of sp³-hybridized carbons (Fsp3) is 0.125. The molecule has 0 spiro atoms. The number of amidine groups is 1. The Morgan fingerprint density at radius 1 is 0.857 bits per heavy atom. The molecule has 0 aromatic heterocycles. The quantitative estimate of drug-likeness (QED) is 0.459. The summed E-state index contributed by atoms with van der Waals surface area (Å²) in [6.07, 6.45) is 0. The van der Waals surface area contributed by atoms with E-state index >= 15 is 0 Å². The molecule has 108 valence electrons. The van der Waals surface area contributed by atoms with E-state index in [4.69, 9.17) is 17.6 Å². The van der Waals surface area contributed by atoms with Crippen molar-refractivity contribution in [3.63, 3.8) is 0 Å². The first-order valence-corrected chi connectivity index (χ1v) is 7.82. The highest BCUT2D eigenvalue weighted by atomic mass is 32.2. The molecule has 3 nitrogen and oxygen atoms in total. The van der Waals surface area contributed by atoms with Crippen LogP contribution in [0.2, 0.25) is 0 Å². The molecule has 0 radical (unpaired) electrons. The van der Waals surface area contributed by atoms with Crippen LogP contribution >= 0.6 is 24.0 Å². The summed E-state index contributed by atoms with van der Waals surface area (Å²) in [4.78, 5) is 0. The third kappa shape index (κ3) is 5.97. The number of hydrogen-bond donors (Lipinski definition) is 3. The van der Waals surface area contributed by atoms with Gasteiger partial charge in [-0.2, -0.15) is 0 Å². The summed E-state index contributed by atoms with van der Waals surface area (Å²) in [5.74, 6) is 0. The molecule has 21 heavy (non-hydrogen) atoms. The van der Waals surface area contributed by atoms with Gasteiger partial charge in [0.25, 0.3) is 0 Å². The molecule has 0 heterocycles. The number of nitrogens with one attached hydrogen (secondary N) is 3. The lowest BCUT2D eigenvalue weighted by atomic mass is 10.2. The molecule has 5 heteroatoms. The molecule has 0 aliphatic carbocycles. The minimum absolute atomic E-state index is 0.351. The largest absolute Gasteiger partial charge is 0.367 e. The maximum Gasteiger partial charge on any atom is 0.161 e. The van der Waals surface area contributed by atoms with Gasteiger partial charge in [0.1, 0.15) is 4.32 Å². The van der Waals surface area contributed by atoms with Gasteiger partial charge >= 0.3 is 0 Å². The van der Waals surface area contributed by atoms with Gasteiger partial charge in [0.2, 0.25) is 0 Å². The third-order valence-electron chi connectivity index (χ3n) is 2.77. The van der Waals surface area contributed by atoms with E-state index in [0.717, 1.165) is 5.56 Å². The molecule has 0 unspecified atom stereocenters. The summed E-state index contributed by atoms with van der Waals surface area (Å²) < 4.78 is 0.601. The van der Waals surface area contributed by atoms with Crippen molar-refractivity contribution in [2.24, 2.45) is 0 Å². The number of thiocarbonyl (C=S) groups is 1. The van der Waals surface area contributed by atoms with E-state index in [9.17, 15) is 0 Å². The zero-order valence-corrected chi connectivity index (χ0v) is 13.1. The van der Waals surface area contributed by atoms with E-state index in [0.29, 0.717) is 22.6 Å². The van der Waals surface area contributed by atoms with Crippen molar-refractivity contribution < 1.29 is 0 Å². The van der Waals surface area contributed by atoms with Crippen molar-refractivity contribution in [1.82, 2.24) is 10.6 Å². The maximum absolute atomic E-state index is 7.88. The normalized spacial score (nSPS) is 9.90. The van der Waals surface area contributed by atoms with Crippen molar-refractivity contribution in [3.8, 4) is 0 Å². The van der Waals surface area contributed by atoms with Crippen molar-refractivity contribution in [3.05, 3.63) is 71.8 Å². The molecule has 0 fully saturated rings. The SMILES string of the molecule is N=C(NCc1ccccc1)SC(=S)NCc1ccccc1. The van der Waals surface area contributed by atoms with Crippen molar-refractivity contribution in [2.75, 3.05) is 0 Å². The highest BCUT2D eigenvalue weighted by Gasteiger charge is 2.03. The summed E-state index contributed by atoms with van der Waals surface area (Å²) in [6.45, 7) is 1.31. The minimum atomic E-state index is 0.351. The fourth-order valence-corrected chi connectivity index (χ4v) is 2.51. The lowest BCUT2D eigenvalue weighted by Gasteiger charge is -2.10. The Morgan fingerprint density at radius 3 is 1.86 bits per heavy atom. The van der Waals surface area contributed by atoms with E-state index in [-0.39, 0.29) is 0 Å². The fourth-order valence-electron chi connectivity index (χ4n) is 1.71. The van der Waals surface area contributed by atoms with E-state index < -0.39 is 0 Å². The molecule has 0 aliphatic rings. The van der Waals surface area contributed by atoms with Crippen LogP contribution in [0.4, 0.5) is 0 Å². The van der Waals surface area contributed by atoms with Crippen LogP contribution in [-0.4, -0.2) is 9.49 Å². The van der Waals surface area contributed by atoms with Gasteiger partial charge in [-0.05, 0) is 22.9 Å².